The topological polar surface area (TPSA) is 74.0 Å². The van der Waals surface area contributed by atoms with Gasteiger partial charge in [0.05, 0.1) is 19.8 Å². The first kappa shape index (κ1) is 18.1. The molecule has 0 radical (unpaired) electrons. The second-order valence-electron chi connectivity index (χ2n) is 4.33. The smallest absolute Gasteiger partial charge is 0.404 e. The van der Waals surface area contributed by atoms with Crippen molar-refractivity contribution >= 4 is 6.09 Å². The van der Waals surface area contributed by atoms with Gasteiger partial charge in [-0.3, -0.25) is 4.84 Å². The van der Waals surface area contributed by atoms with Gasteiger partial charge in [-0.2, -0.15) is 5.06 Å². The van der Waals surface area contributed by atoms with E-state index < -0.39 is 6.09 Å². The zero-order valence-corrected chi connectivity index (χ0v) is 12.4. The molecule has 0 fully saturated rings. The predicted octanol–water partition coefficient (Wildman–Crippen LogP) is 1.93. The van der Waals surface area contributed by atoms with Gasteiger partial charge in [-0.25, -0.2) is 4.79 Å². The van der Waals surface area contributed by atoms with Crippen LogP contribution in [0.3, 0.4) is 0 Å². The lowest BCUT2D eigenvalue weighted by molar-refractivity contribution is -0.196. The molecular weight excluding hydrogens is 248 g/mol. The van der Waals surface area contributed by atoms with E-state index in [2.05, 4.69) is 13.8 Å². The summed E-state index contributed by atoms with van der Waals surface area (Å²) in [5.74, 6) is 0. The molecule has 114 valence electrons. The molecule has 0 aliphatic carbocycles. The van der Waals surface area contributed by atoms with Crippen LogP contribution in [0.1, 0.15) is 40.0 Å². The molecule has 1 atom stereocenters. The van der Waals surface area contributed by atoms with Crippen molar-refractivity contribution in [3.05, 3.63) is 0 Å². The Morgan fingerprint density at radius 1 is 1.26 bits per heavy atom. The number of amides is 1. The Balaban J connectivity index is 4.01. The molecule has 0 rings (SSSR count). The van der Waals surface area contributed by atoms with Crippen molar-refractivity contribution in [2.75, 3.05) is 33.0 Å². The van der Waals surface area contributed by atoms with Crippen molar-refractivity contribution in [3.8, 4) is 0 Å². The van der Waals surface area contributed by atoms with Crippen LogP contribution >= 0.6 is 0 Å². The fourth-order valence-corrected chi connectivity index (χ4v) is 1.65. The Morgan fingerprint density at radius 2 is 2.00 bits per heavy atom. The lowest BCUT2D eigenvalue weighted by Crippen LogP contribution is -2.37. The van der Waals surface area contributed by atoms with Gasteiger partial charge in [0.25, 0.3) is 0 Å². The van der Waals surface area contributed by atoms with Crippen LogP contribution in [0.5, 0.6) is 0 Å². The maximum atomic E-state index is 10.5. The third kappa shape index (κ3) is 10.7. The number of nitrogens with zero attached hydrogens (tertiary/aromatic N) is 1. The van der Waals surface area contributed by atoms with Crippen LogP contribution in [-0.2, 0) is 14.3 Å². The Hall–Kier alpha value is -0.850. The average molecular weight is 276 g/mol. The van der Waals surface area contributed by atoms with Crippen molar-refractivity contribution in [1.82, 2.24) is 5.06 Å². The first-order valence-corrected chi connectivity index (χ1v) is 7.01. The number of hydroxylamine groups is 2. The summed E-state index contributed by atoms with van der Waals surface area (Å²) in [4.78, 5) is 16.2. The molecule has 0 aromatic heterocycles. The number of ether oxygens (including phenoxy) is 2. The van der Waals surface area contributed by atoms with E-state index in [1.54, 1.807) is 0 Å². The molecule has 0 saturated heterocycles. The maximum absolute atomic E-state index is 10.5. The van der Waals surface area contributed by atoms with E-state index in [9.17, 15) is 4.79 Å². The highest BCUT2D eigenvalue weighted by Crippen LogP contribution is 2.09. The normalized spacial score (nSPS) is 12.6. The molecule has 0 aromatic carbocycles. The van der Waals surface area contributed by atoms with Crippen LogP contribution in [0, 0.1) is 0 Å². The van der Waals surface area contributed by atoms with Gasteiger partial charge < -0.3 is 15.2 Å². The summed E-state index contributed by atoms with van der Waals surface area (Å²) < 4.78 is 9.97. The largest absolute Gasteiger partial charge is 0.448 e. The first-order chi connectivity index (χ1) is 9.11. The lowest BCUT2D eigenvalue weighted by Gasteiger charge is -2.27. The van der Waals surface area contributed by atoms with E-state index in [4.69, 9.17) is 20.0 Å². The number of rotatable bonds is 12. The number of hydrogen-bond donors (Lipinski definition) is 1. The summed E-state index contributed by atoms with van der Waals surface area (Å²) in [5.41, 5.74) is 4.93. The van der Waals surface area contributed by atoms with Crippen molar-refractivity contribution in [2.45, 2.75) is 46.1 Å². The molecule has 0 aliphatic heterocycles. The van der Waals surface area contributed by atoms with E-state index in [0.29, 0.717) is 26.4 Å². The summed E-state index contributed by atoms with van der Waals surface area (Å²) in [6.07, 6.45) is 2.58. The summed E-state index contributed by atoms with van der Waals surface area (Å²) in [6.45, 7) is 8.69. The van der Waals surface area contributed by atoms with E-state index in [0.717, 1.165) is 19.3 Å². The molecule has 6 nitrogen and oxygen atoms in total. The minimum Gasteiger partial charge on any atom is -0.448 e. The van der Waals surface area contributed by atoms with Gasteiger partial charge >= 0.3 is 6.09 Å². The SMILES string of the molecule is CCCCC(C)N(CCOC(N)=O)OCCOCC. The van der Waals surface area contributed by atoms with Gasteiger partial charge in [-0.1, -0.05) is 19.8 Å². The monoisotopic (exact) mass is 276 g/mol. The molecule has 0 spiro atoms. The Morgan fingerprint density at radius 3 is 2.58 bits per heavy atom. The summed E-state index contributed by atoms with van der Waals surface area (Å²) >= 11 is 0. The van der Waals surface area contributed by atoms with E-state index in [1.807, 2.05) is 12.0 Å². The highest BCUT2D eigenvalue weighted by atomic mass is 16.7. The lowest BCUT2D eigenvalue weighted by atomic mass is 10.1. The van der Waals surface area contributed by atoms with E-state index in [1.165, 1.54) is 0 Å². The molecule has 6 heteroatoms. The average Bonchev–Trinajstić information content (AvgIpc) is 2.38. The fourth-order valence-electron chi connectivity index (χ4n) is 1.65. The molecule has 1 amide bonds. The third-order valence-corrected chi connectivity index (χ3v) is 2.71. The summed E-state index contributed by atoms with van der Waals surface area (Å²) in [5, 5.41) is 1.84. The number of primary amides is 1. The van der Waals surface area contributed by atoms with Gasteiger partial charge in [0.2, 0.25) is 0 Å². The van der Waals surface area contributed by atoms with Crippen molar-refractivity contribution < 1.29 is 19.1 Å². The number of hydrogen-bond acceptors (Lipinski definition) is 5. The van der Waals surface area contributed by atoms with E-state index >= 15 is 0 Å². The van der Waals surface area contributed by atoms with Crippen LogP contribution in [0.4, 0.5) is 4.79 Å². The van der Waals surface area contributed by atoms with Crippen molar-refractivity contribution in [1.29, 1.82) is 0 Å². The highest BCUT2D eigenvalue weighted by Gasteiger charge is 2.14. The van der Waals surface area contributed by atoms with Crippen LogP contribution in [0.15, 0.2) is 0 Å². The van der Waals surface area contributed by atoms with Gasteiger partial charge in [-0.15, -0.1) is 0 Å². The first-order valence-electron chi connectivity index (χ1n) is 7.01. The molecule has 0 bridgehead atoms. The molecule has 0 aliphatic rings. The summed E-state index contributed by atoms with van der Waals surface area (Å²) in [6, 6.07) is 0.276. The Kier molecular flexibility index (Phi) is 11.7. The molecule has 19 heavy (non-hydrogen) atoms. The molecule has 1 unspecified atom stereocenters. The number of carbonyl (C=O) groups excluding carboxylic acids is 1. The Bertz CT molecular complexity index is 227. The number of nitrogens with two attached hydrogens (primary N) is 1. The molecule has 0 saturated carbocycles. The van der Waals surface area contributed by atoms with Gasteiger partial charge in [0.1, 0.15) is 6.61 Å². The molecule has 0 aromatic rings. The maximum Gasteiger partial charge on any atom is 0.404 e. The quantitative estimate of drug-likeness (QED) is 0.435. The zero-order chi connectivity index (χ0) is 14.5. The van der Waals surface area contributed by atoms with Crippen LogP contribution < -0.4 is 5.73 Å². The van der Waals surface area contributed by atoms with Gasteiger partial charge in [0.15, 0.2) is 0 Å². The van der Waals surface area contributed by atoms with Crippen LogP contribution in [0.2, 0.25) is 0 Å². The Labute approximate surface area is 116 Å². The van der Waals surface area contributed by atoms with Crippen molar-refractivity contribution in [3.63, 3.8) is 0 Å². The minimum absolute atomic E-state index is 0.237. The second kappa shape index (κ2) is 12.2. The van der Waals surface area contributed by atoms with Crippen LogP contribution in [0.25, 0.3) is 0 Å². The van der Waals surface area contributed by atoms with Crippen LogP contribution in [-0.4, -0.2) is 50.2 Å². The fraction of sp³-hybridized carbons (Fsp3) is 0.923. The van der Waals surface area contributed by atoms with Gasteiger partial charge in [-0.05, 0) is 20.3 Å². The third-order valence-electron chi connectivity index (χ3n) is 2.71. The number of unbranched alkanes of at least 4 members (excludes halogenated alkanes) is 1. The molecule has 2 N–H and O–H groups in total. The van der Waals surface area contributed by atoms with Gasteiger partial charge in [0, 0.05) is 12.6 Å². The molecule has 0 heterocycles. The number of carbonyl (C=O) groups is 1. The second-order valence-corrected chi connectivity index (χ2v) is 4.33. The highest BCUT2D eigenvalue weighted by molar-refractivity contribution is 5.64. The standard InChI is InChI=1S/C13H28N2O4/c1-4-6-7-12(3)15(8-9-18-13(14)16)19-11-10-17-5-2/h12H,4-11H2,1-3H3,(H2,14,16). The van der Waals surface area contributed by atoms with Crippen molar-refractivity contribution in [2.24, 2.45) is 5.73 Å². The molecular formula is C13H28N2O4. The zero-order valence-electron chi connectivity index (χ0n) is 12.4. The minimum atomic E-state index is -0.754. The summed E-state index contributed by atoms with van der Waals surface area (Å²) in [7, 11) is 0. The van der Waals surface area contributed by atoms with E-state index in [-0.39, 0.29) is 12.6 Å². The predicted molar refractivity (Wildman–Crippen MR) is 73.7 cm³/mol.